The average molecular weight is 439 g/mol. The van der Waals surface area contributed by atoms with Crippen LogP contribution in [-0.2, 0) is 37.7 Å². The molecule has 172 valence electrons. The second kappa shape index (κ2) is 19.0. The molecule has 0 amide bonds. The molecule has 10 heteroatoms. The number of aliphatic carboxylic acids is 1. The van der Waals surface area contributed by atoms with Gasteiger partial charge in [0.1, 0.15) is 6.61 Å². The lowest BCUT2D eigenvalue weighted by Gasteiger charge is -2.16. The number of ether oxygens (including phenoxy) is 5. The van der Waals surface area contributed by atoms with Crippen LogP contribution in [0.2, 0.25) is 19.6 Å². The molecule has 0 saturated heterocycles. The maximum Gasteiger partial charge on any atom is 0.305 e. The van der Waals surface area contributed by atoms with E-state index in [0.717, 1.165) is 0 Å². The maximum absolute atomic E-state index is 11.4. The van der Waals surface area contributed by atoms with Crippen molar-refractivity contribution in [1.29, 1.82) is 0 Å². The Morgan fingerprint density at radius 2 is 1.07 bits per heavy atom. The van der Waals surface area contributed by atoms with Crippen LogP contribution in [0.4, 0.5) is 0 Å². The molecule has 0 spiro atoms. The van der Waals surface area contributed by atoms with E-state index in [9.17, 15) is 9.59 Å². The Hall–Kier alpha value is -1.04. The Labute approximate surface area is 175 Å². The van der Waals surface area contributed by atoms with Crippen molar-refractivity contribution in [2.24, 2.45) is 0 Å². The fourth-order valence-corrected chi connectivity index (χ4v) is 2.70. The van der Waals surface area contributed by atoms with Crippen LogP contribution in [0, 0.1) is 0 Å². The Balaban J connectivity index is 3.16. The third-order valence-electron chi connectivity index (χ3n) is 3.39. The minimum atomic E-state index is -1.45. The lowest BCUT2D eigenvalue weighted by Crippen LogP contribution is -2.27. The number of esters is 1. The molecule has 0 atom stereocenters. The standard InChI is InChI=1S/C19H38O9Si/c1-29(2,3)28-17-15-26-13-11-24-9-8-23-10-12-25-14-16-27-19(22)7-5-4-6-18(20)21/h4-17H2,1-3H3,(H,20,21). The molecule has 0 aliphatic rings. The number of carbonyl (C=O) groups is 2. The quantitative estimate of drug-likeness (QED) is 0.164. The third-order valence-corrected chi connectivity index (χ3v) is 4.46. The van der Waals surface area contributed by atoms with Crippen LogP contribution >= 0.6 is 0 Å². The maximum atomic E-state index is 11.4. The van der Waals surface area contributed by atoms with Crippen molar-refractivity contribution in [1.82, 2.24) is 0 Å². The molecule has 0 fully saturated rings. The molecule has 0 aliphatic heterocycles. The molecule has 0 heterocycles. The molecule has 0 aliphatic carbocycles. The zero-order chi connectivity index (χ0) is 21.8. The highest BCUT2D eigenvalue weighted by Gasteiger charge is 2.13. The van der Waals surface area contributed by atoms with Crippen molar-refractivity contribution in [2.75, 3.05) is 66.1 Å². The summed E-state index contributed by atoms with van der Waals surface area (Å²) in [6.07, 6.45) is 1.29. The Morgan fingerprint density at radius 1 is 0.655 bits per heavy atom. The molecule has 0 unspecified atom stereocenters. The monoisotopic (exact) mass is 438 g/mol. The Bertz CT molecular complexity index is 413. The van der Waals surface area contributed by atoms with Gasteiger partial charge in [0.25, 0.3) is 0 Å². The lowest BCUT2D eigenvalue weighted by molar-refractivity contribution is -0.146. The summed E-state index contributed by atoms with van der Waals surface area (Å²) in [5, 5.41) is 8.49. The van der Waals surface area contributed by atoms with E-state index in [1.165, 1.54) is 0 Å². The molecular formula is C19H38O9Si. The van der Waals surface area contributed by atoms with Crippen LogP contribution in [0.1, 0.15) is 25.7 Å². The smallest absolute Gasteiger partial charge is 0.305 e. The topological polar surface area (TPSA) is 110 Å². The fraction of sp³-hybridized carbons (Fsp3) is 0.895. The van der Waals surface area contributed by atoms with Gasteiger partial charge >= 0.3 is 11.9 Å². The van der Waals surface area contributed by atoms with Crippen molar-refractivity contribution in [2.45, 2.75) is 45.3 Å². The highest BCUT2D eigenvalue weighted by Crippen LogP contribution is 2.02. The summed E-state index contributed by atoms with van der Waals surface area (Å²) in [6, 6.07) is 0. The summed E-state index contributed by atoms with van der Waals surface area (Å²) in [5.41, 5.74) is 0. The zero-order valence-corrected chi connectivity index (χ0v) is 19.1. The molecule has 1 N–H and O–H groups in total. The third kappa shape index (κ3) is 24.9. The number of hydrogen-bond donors (Lipinski definition) is 1. The van der Waals surface area contributed by atoms with Crippen molar-refractivity contribution < 1.29 is 42.8 Å². The highest BCUT2D eigenvalue weighted by atomic mass is 28.4. The number of unbranched alkanes of at least 4 members (excludes halogenated alkanes) is 1. The molecule has 0 rings (SSSR count). The summed E-state index contributed by atoms with van der Waals surface area (Å²) in [6.45, 7) is 11.0. The summed E-state index contributed by atoms with van der Waals surface area (Å²) < 4.78 is 32.1. The summed E-state index contributed by atoms with van der Waals surface area (Å²) in [4.78, 5) is 21.7. The number of rotatable bonds is 21. The number of carboxylic acids is 1. The molecule has 0 aromatic carbocycles. The van der Waals surface area contributed by atoms with Gasteiger partial charge in [-0.2, -0.15) is 0 Å². The SMILES string of the molecule is C[Si](C)(C)OCCOCCOCCOCCOCCOC(=O)CCCCC(=O)O. The normalized spacial score (nSPS) is 11.6. The predicted molar refractivity (Wildman–Crippen MR) is 110 cm³/mol. The second-order valence-corrected chi connectivity index (χ2v) is 11.7. The van der Waals surface area contributed by atoms with E-state index < -0.39 is 14.3 Å². The van der Waals surface area contributed by atoms with Gasteiger partial charge in [0.2, 0.25) is 0 Å². The van der Waals surface area contributed by atoms with Gasteiger partial charge in [-0.25, -0.2) is 0 Å². The van der Waals surface area contributed by atoms with Crippen molar-refractivity contribution in [3.8, 4) is 0 Å². The van der Waals surface area contributed by atoms with E-state index in [1.54, 1.807) is 0 Å². The van der Waals surface area contributed by atoms with Gasteiger partial charge in [0, 0.05) is 12.8 Å². The van der Waals surface area contributed by atoms with Crippen molar-refractivity contribution in [3.63, 3.8) is 0 Å². The minimum Gasteiger partial charge on any atom is -0.481 e. The minimum absolute atomic E-state index is 0.0729. The largest absolute Gasteiger partial charge is 0.481 e. The van der Waals surface area contributed by atoms with Gasteiger partial charge in [0.15, 0.2) is 8.32 Å². The van der Waals surface area contributed by atoms with Crippen LogP contribution in [0.25, 0.3) is 0 Å². The van der Waals surface area contributed by atoms with Crippen LogP contribution in [0.3, 0.4) is 0 Å². The first-order valence-corrected chi connectivity index (χ1v) is 13.5. The molecule has 29 heavy (non-hydrogen) atoms. The van der Waals surface area contributed by atoms with Gasteiger partial charge in [0.05, 0.1) is 59.5 Å². The molecule has 0 bridgehead atoms. The Kier molecular flexibility index (Phi) is 18.3. The summed E-state index contributed by atoms with van der Waals surface area (Å²) >= 11 is 0. The predicted octanol–water partition coefficient (Wildman–Crippen LogP) is 2.09. The van der Waals surface area contributed by atoms with E-state index in [-0.39, 0.29) is 25.4 Å². The summed E-state index contributed by atoms with van der Waals surface area (Å²) in [5.74, 6) is -1.19. The molecule has 0 radical (unpaired) electrons. The molecule has 0 saturated carbocycles. The Morgan fingerprint density at radius 3 is 1.52 bits per heavy atom. The molecular weight excluding hydrogens is 400 g/mol. The van der Waals surface area contributed by atoms with Crippen molar-refractivity contribution in [3.05, 3.63) is 0 Å². The van der Waals surface area contributed by atoms with Crippen LogP contribution in [0.15, 0.2) is 0 Å². The van der Waals surface area contributed by atoms with Crippen LogP contribution in [-0.4, -0.2) is 91.4 Å². The van der Waals surface area contributed by atoms with Gasteiger partial charge < -0.3 is 33.2 Å². The average Bonchev–Trinajstić information content (AvgIpc) is 2.64. The van der Waals surface area contributed by atoms with Crippen molar-refractivity contribution >= 4 is 20.3 Å². The van der Waals surface area contributed by atoms with Gasteiger partial charge in [-0.05, 0) is 32.5 Å². The first-order chi connectivity index (χ1) is 13.8. The zero-order valence-electron chi connectivity index (χ0n) is 18.1. The lowest BCUT2D eigenvalue weighted by atomic mass is 10.2. The van der Waals surface area contributed by atoms with E-state index >= 15 is 0 Å². The number of carbonyl (C=O) groups excluding carboxylic acids is 1. The van der Waals surface area contributed by atoms with Crippen LogP contribution < -0.4 is 0 Å². The molecule has 9 nitrogen and oxygen atoms in total. The highest BCUT2D eigenvalue weighted by molar-refractivity contribution is 6.69. The number of hydrogen-bond acceptors (Lipinski definition) is 8. The number of carboxylic acid groups (broad SMARTS) is 1. The first kappa shape index (κ1) is 28.0. The molecule has 0 aromatic heterocycles. The van der Waals surface area contributed by atoms with Crippen LogP contribution in [0.5, 0.6) is 0 Å². The van der Waals surface area contributed by atoms with E-state index in [0.29, 0.717) is 72.3 Å². The second-order valence-electron chi connectivity index (χ2n) is 7.23. The summed E-state index contributed by atoms with van der Waals surface area (Å²) in [7, 11) is -1.45. The van der Waals surface area contributed by atoms with E-state index in [4.69, 9.17) is 33.2 Å². The molecule has 0 aromatic rings. The van der Waals surface area contributed by atoms with Gasteiger partial charge in [-0.15, -0.1) is 0 Å². The van der Waals surface area contributed by atoms with Gasteiger partial charge in [-0.3, -0.25) is 9.59 Å². The first-order valence-electron chi connectivity index (χ1n) is 10.1. The van der Waals surface area contributed by atoms with Gasteiger partial charge in [-0.1, -0.05) is 0 Å². The fourth-order valence-electron chi connectivity index (χ4n) is 2.00. The van der Waals surface area contributed by atoms with E-state index in [1.807, 2.05) is 0 Å². The van der Waals surface area contributed by atoms with E-state index in [2.05, 4.69) is 19.6 Å².